The molecule has 0 bridgehead atoms. The van der Waals surface area contributed by atoms with E-state index in [9.17, 15) is 0 Å². The summed E-state index contributed by atoms with van der Waals surface area (Å²) < 4.78 is 5.31. The van der Waals surface area contributed by atoms with E-state index < -0.39 is 0 Å². The zero-order valence-corrected chi connectivity index (χ0v) is 10.6. The van der Waals surface area contributed by atoms with Gasteiger partial charge in [0.1, 0.15) is 0 Å². The van der Waals surface area contributed by atoms with Crippen LogP contribution in [0.3, 0.4) is 0 Å². The fraction of sp³-hybridized carbons (Fsp3) is 0.667. The molecule has 0 saturated carbocycles. The van der Waals surface area contributed by atoms with Crippen LogP contribution in [0.4, 0.5) is 0 Å². The van der Waals surface area contributed by atoms with Crippen molar-refractivity contribution in [2.75, 3.05) is 13.7 Å². The Morgan fingerprint density at radius 1 is 1.53 bits per heavy atom. The van der Waals surface area contributed by atoms with Crippen LogP contribution >= 0.6 is 11.3 Å². The molecule has 2 atom stereocenters. The molecule has 0 amide bonds. The van der Waals surface area contributed by atoms with Crippen LogP contribution in [-0.4, -0.2) is 25.8 Å². The van der Waals surface area contributed by atoms with E-state index in [0.29, 0.717) is 12.1 Å². The summed E-state index contributed by atoms with van der Waals surface area (Å²) >= 11 is 1.83. The molecule has 0 spiro atoms. The first-order valence-corrected chi connectivity index (χ1v) is 6.42. The molecule has 1 heterocycles. The van der Waals surface area contributed by atoms with Crippen molar-refractivity contribution in [3.63, 3.8) is 0 Å². The average molecular weight is 227 g/mol. The maximum absolute atomic E-state index is 5.31. The number of likely N-dealkylation sites (N-methyl/N-ethyl adjacent to an activating group) is 1. The van der Waals surface area contributed by atoms with Gasteiger partial charge in [0.15, 0.2) is 0 Å². The Morgan fingerprint density at radius 3 is 2.87 bits per heavy atom. The highest BCUT2D eigenvalue weighted by Gasteiger charge is 2.12. The Bertz CT molecular complexity index is 248. The molecule has 86 valence electrons. The highest BCUT2D eigenvalue weighted by Crippen LogP contribution is 2.14. The Kier molecular flexibility index (Phi) is 5.91. The van der Waals surface area contributed by atoms with Gasteiger partial charge in [-0.15, -0.1) is 11.3 Å². The summed E-state index contributed by atoms with van der Waals surface area (Å²) in [7, 11) is 1.78. The summed E-state index contributed by atoms with van der Waals surface area (Å²) in [5.41, 5.74) is 0. The molecule has 0 aliphatic heterocycles. The third-order valence-electron chi connectivity index (χ3n) is 2.54. The van der Waals surface area contributed by atoms with Gasteiger partial charge in [0, 0.05) is 18.0 Å². The first kappa shape index (κ1) is 12.7. The topological polar surface area (TPSA) is 21.3 Å². The molecule has 0 radical (unpaired) electrons. The number of thiophene rings is 1. The van der Waals surface area contributed by atoms with E-state index in [2.05, 4.69) is 36.7 Å². The van der Waals surface area contributed by atoms with Crippen LogP contribution < -0.4 is 5.32 Å². The summed E-state index contributed by atoms with van der Waals surface area (Å²) in [6.45, 7) is 5.30. The normalized spacial score (nSPS) is 15.1. The number of methoxy groups -OCH3 is 1. The van der Waals surface area contributed by atoms with Crippen molar-refractivity contribution in [2.24, 2.45) is 0 Å². The van der Waals surface area contributed by atoms with E-state index in [1.165, 1.54) is 4.88 Å². The quantitative estimate of drug-likeness (QED) is 0.773. The maximum atomic E-state index is 5.31. The van der Waals surface area contributed by atoms with Crippen LogP contribution in [0.2, 0.25) is 0 Å². The predicted molar refractivity (Wildman–Crippen MR) is 66.6 cm³/mol. The van der Waals surface area contributed by atoms with Gasteiger partial charge < -0.3 is 10.1 Å². The van der Waals surface area contributed by atoms with E-state index in [4.69, 9.17) is 4.74 Å². The lowest BCUT2D eigenvalue weighted by atomic mass is 10.1. The molecular weight excluding hydrogens is 206 g/mol. The van der Waals surface area contributed by atoms with Gasteiger partial charge in [-0.1, -0.05) is 13.0 Å². The maximum Gasteiger partial charge on any atom is 0.0558 e. The lowest BCUT2D eigenvalue weighted by molar-refractivity contribution is 0.101. The molecule has 15 heavy (non-hydrogen) atoms. The second-order valence-corrected chi connectivity index (χ2v) is 4.85. The van der Waals surface area contributed by atoms with Crippen molar-refractivity contribution in [2.45, 2.75) is 38.8 Å². The molecule has 1 N–H and O–H groups in total. The number of hydrogen-bond donors (Lipinski definition) is 1. The molecule has 1 aromatic rings. The minimum absolute atomic E-state index is 0.328. The van der Waals surface area contributed by atoms with Crippen LogP contribution in [0.1, 0.15) is 25.1 Å². The molecule has 1 rings (SSSR count). The first-order chi connectivity index (χ1) is 7.26. The standard InChI is InChI=1S/C12H21NOS/c1-4-13-11(8-10(2)14-3)9-12-6-5-7-15-12/h5-7,10-11,13H,4,8-9H2,1-3H3. The van der Waals surface area contributed by atoms with Crippen molar-refractivity contribution in [1.82, 2.24) is 5.32 Å². The van der Waals surface area contributed by atoms with Crippen LogP contribution in [0.25, 0.3) is 0 Å². The Balaban J connectivity index is 2.43. The lowest BCUT2D eigenvalue weighted by Crippen LogP contribution is -2.34. The van der Waals surface area contributed by atoms with E-state index in [1.54, 1.807) is 7.11 Å². The second-order valence-electron chi connectivity index (χ2n) is 3.82. The summed E-state index contributed by atoms with van der Waals surface area (Å²) in [5, 5.41) is 5.65. The Hall–Kier alpha value is -0.380. The summed E-state index contributed by atoms with van der Waals surface area (Å²) in [4.78, 5) is 1.45. The van der Waals surface area contributed by atoms with E-state index in [0.717, 1.165) is 19.4 Å². The average Bonchev–Trinajstić information content (AvgIpc) is 2.70. The molecule has 3 heteroatoms. The molecule has 0 aliphatic rings. The minimum atomic E-state index is 0.328. The fourth-order valence-electron chi connectivity index (χ4n) is 1.70. The fourth-order valence-corrected chi connectivity index (χ4v) is 2.48. The van der Waals surface area contributed by atoms with Crippen molar-refractivity contribution in [3.05, 3.63) is 22.4 Å². The van der Waals surface area contributed by atoms with Crippen molar-refractivity contribution >= 4 is 11.3 Å². The molecule has 2 nitrogen and oxygen atoms in total. The second kappa shape index (κ2) is 6.99. The van der Waals surface area contributed by atoms with Gasteiger partial charge in [0.05, 0.1) is 6.10 Å². The Labute approximate surface area is 96.7 Å². The van der Waals surface area contributed by atoms with Crippen molar-refractivity contribution in [1.29, 1.82) is 0 Å². The van der Waals surface area contributed by atoms with E-state index in [1.807, 2.05) is 11.3 Å². The molecular formula is C12H21NOS. The smallest absolute Gasteiger partial charge is 0.0558 e. The molecule has 0 fully saturated rings. The van der Waals surface area contributed by atoms with Gasteiger partial charge in [-0.3, -0.25) is 0 Å². The highest BCUT2D eigenvalue weighted by atomic mass is 32.1. The lowest BCUT2D eigenvalue weighted by Gasteiger charge is -2.20. The minimum Gasteiger partial charge on any atom is -0.382 e. The number of nitrogens with one attached hydrogen (secondary N) is 1. The van der Waals surface area contributed by atoms with Gasteiger partial charge in [-0.2, -0.15) is 0 Å². The molecule has 1 aromatic heterocycles. The van der Waals surface area contributed by atoms with E-state index >= 15 is 0 Å². The zero-order valence-electron chi connectivity index (χ0n) is 9.82. The summed E-state index contributed by atoms with van der Waals surface area (Å²) in [5.74, 6) is 0. The highest BCUT2D eigenvalue weighted by molar-refractivity contribution is 7.09. The first-order valence-electron chi connectivity index (χ1n) is 5.54. The van der Waals surface area contributed by atoms with Crippen LogP contribution in [-0.2, 0) is 11.2 Å². The third-order valence-corrected chi connectivity index (χ3v) is 3.44. The van der Waals surface area contributed by atoms with Crippen molar-refractivity contribution < 1.29 is 4.74 Å². The summed E-state index contributed by atoms with van der Waals surface area (Å²) in [6, 6.07) is 4.85. The van der Waals surface area contributed by atoms with Crippen LogP contribution in [0.5, 0.6) is 0 Å². The van der Waals surface area contributed by atoms with Gasteiger partial charge in [0.25, 0.3) is 0 Å². The van der Waals surface area contributed by atoms with Gasteiger partial charge >= 0.3 is 0 Å². The van der Waals surface area contributed by atoms with Crippen LogP contribution in [0.15, 0.2) is 17.5 Å². The Morgan fingerprint density at radius 2 is 2.33 bits per heavy atom. The third kappa shape index (κ3) is 4.78. The molecule has 0 aliphatic carbocycles. The zero-order chi connectivity index (χ0) is 11.1. The van der Waals surface area contributed by atoms with Gasteiger partial charge in [-0.25, -0.2) is 0 Å². The van der Waals surface area contributed by atoms with Gasteiger partial charge in [-0.05, 0) is 37.8 Å². The monoisotopic (exact) mass is 227 g/mol. The number of rotatable bonds is 7. The predicted octanol–water partition coefficient (Wildman–Crippen LogP) is 2.69. The number of hydrogen-bond acceptors (Lipinski definition) is 3. The van der Waals surface area contributed by atoms with Gasteiger partial charge in [0.2, 0.25) is 0 Å². The molecule has 0 aromatic carbocycles. The van der Waals surface area contributed by atoms with E-state index in [-0.39, 0.29) is 0 Å². The van der Waals surface area contributed by atoms with Crippen LogP contribution in [0, 0.1) is 0 Å². The largest absolute Gasteiger partial charge is 0.382 e. The molecule has 0 saturated heterocycles. The number of ether oxygens (including phenoxy) is 1. The summed E-state index contributed by atoms with van der Waals surface area (Å²) in [6.07, 6.45) is 2.51. The SMILES string of the molecule is CCNC(Cc1cccs1)CC(C)OC. The van der Waals surface area contributed by atoms with Crippen molar-refractivity contribution in [3.8, 4) is 0 Å². The molecule has 2 unspecified atom stereocenters.